The second-order valence-electron chi connectivity index (χ2n) is 7.21. The number of nitrogens with zero attached hydrogens (tertiary/aromatic N) is 2. The van der Waals surface area contributed by atoms with E-state index < -0.39 is 17.9 Å². The number of hydrogen-bond acceptors (Lipinski definition) is 7. The number of esters is 1. The Morgan fingerprint density at radius 1 is 1.15 bits per heavy atom. The topological polar surface area (TPSA) is 148 Å². The monoisotopic (exact) mass is 454 g/mol. The lowest BCUT2D eigenvalue weighted by atomic mass is 9.95. The number of aromatic nitrogens is 1. The van der Waals surface area contributed by atoms with Crippen LogP contribution >= 0.6 is 0 Å². The van der Waals surface area contributed by atoms with Gasteiger partial charge in [-0.2, -0.15) is 5.10 Å². The lowest BCUT2D eigenvalue weighted by Gasteiger charge is -2.19. The van der Waals surface area contributed by atoms with Gasteiger partial charge < -0.3 is 26.5 Å². The van der Waals surface area contributed by atoms with Crippen LogP contribution < -0.4 is 21.8 Å². The van der Waals surface area contributed by atoms with E-state index in [-0.39, 0.29) is 37.8 Å². The zero-order chi connectivity index (χ0) is 23.9. The molecule has 1 heterocycles. The second kappa shape index (κ2) is 14.2. The molecule has 0 fully saturated rings. The fourth-order valence-corrected chi connectivity index (χ4v) is 3.19. The Balaban J connectivity index is 1.91. The number of amides is 2. The third-order valence-electron chi connectivity index (χ3n) is 4.75. The number of nitrogens with two attached hydrogens (primary N) is 1. The number of pyridine rings is 1. The Hall–Kier alpha value is -3.95. The van der Waals surface area contributed by atoms with Crippen LogP contribution in [0.5, 0.6) is 0 Å². The van der Waals surface area contributed by atoms with E-state index >= 15 is 0 Å². The molecule has 176 valence electrons. The standard InChI is InChI=1S/C23H30N6O4/c1-2-33-23(32)20(11-17-7-6-10-25-13-17)29-22(31)15-27-21(30)12-19(14-26-16-28-24)18-8-4-3-5-9-18/h3-10,13,16,19-20H,2,11-12,14-15,24H2,1H3,(H,26,28)(H,27,30)(H,29,31). The summed E-state index contributed by atoms with van der Waals surface area (Å²) in [6.07, 6.45) is 4.99. The summed E-state index contributed by atoms with van der Waals surface area (Å²) in [6.45, 7) is 2.07. The van der Waals surface area contributed by atoms with Crippen LogP contribution in [-0.2, 0) is 25.5 Å². The highest BCUT2D eigenvalue weighted by Crippen LogP contribution is 2.18. The van der Waals surface area contributed by atoms with Crippen molar-refractivity contribution in [2.24, 2.45) is 10.9 Å². The number of rotatable bonds is 13. The SMILES string of the molecule is CCOC(=O)C(Cc1cccnc1)NC(=O)CNC(=O)CC(CNC=NN)c1ccccc1. The normalized spacial score (nSPS) is 12.5. The third-order valence-corrected chi connectivity index (χ3v) is 4.75. The van der Waals surface area contributed by atoms with Crippen molar-refractivity contribution in [3.63, 3.8) is 0 Å². The van der Waals surface area contributed by atoms with Crippen molar-refractivity contribution in [3.8, 4) is 0 Å². The highest BCUT2D eigenvalue weighted by atomic mass is 16.5. The molecule has 0 saturated heterocycles. The predicted octanol–water partition coefficient (Wildman–Crippen LogP) is 0.454. The Labute approximate surface area is 193 Å². The molecule has 0 saturated carbocycles. The molecule has 0 radical (unpaired) electrons. The highest BCUT2D eigenvalue weighted by molar-refractivity contribution is 5.88. The molecule has 10 nitrogen and oxygen atoms in total. The zero-order valence-electron chi connectivity index (χ0n) is 18.6. The molecule has 0 bridgehead atoms. The van der Waals surface area contributed by atoms with Crippen molar-refractivity contribution < 1.29 is 19.1 Å². The molecule has 0 aliphatic rings. The third kappa shape index (κ3) is 9.38. The summed E-state index contributed by atoms with van der Waals surface area (Å²) >= 11 is 0. The van der Waals surface area contributed by atoms with E-state index in [0.717, 1.165) is 11.1 Å². The van der Waals surface area contributed by atoms with Crippen LogP contribution in [0.1, 0.15) is 30.4 Å². The minimum absolute atomic E-state index is 0.148. The summed E-state index contributed by atoms with van der Waals surface area (Å²) in [7, 11) is 0. The molecule has 0 spiro atoms. The molecule has 0 aliphatic carbocycles. The van der Waals surface area contributed by atoms with Gasteiger partial charge >= 0.3 is 5.97 Å². The van der Waals surface area contributed by atoms with E-state index in [2.05, 4.69) is 26.0 Å². The summed E-state index contributed by atoms with van der Waals surface area (Å²) in [6, 6.07) is 12.2. The summed E-state index contributed by atoms with van der Waals surface area (Å²) in [4.78, 5) is 41.2. The molecule has 2 aromatic rings. The number of nitrogens with one attached hydrogen (secondary N) is 3. The number of benzene rings is 1. The number of carbonyl (C=O) groups is 3. The molecule has 10 heteroatoms. The minimum Gasteiger partial charge on any atom is -0.464 e. The van der Waals surface area contributed by atoms with E-state index in [4.69, 9.17) is 10.6 Å². The number of hydrazone groups is 1. The zero-order valence-corrected chi connectivity index (χ0v) is 18.6. The van der Waals surface area contributed by atoms with Crippen molar-refractivity contribution >= 4 is 24.1 Å². The van der Waals surface area contributed by atoms with Gasteiger partial charge in [-0.15, -0.1) is 0 Å². The van der Waals surface area contributed by atoms with Gasteiger partial charge in [-0.25, -0.2) is 4.79 Å². The molecule has 1 aromatic carbocycles. The van der Waals surface area contributed by atoms with Crippen LogP contribution in [0.25, 0.3) is 0 Å². The Bertz CT molecular complexity index is 908. The number of ether oxygens (including phenoxy) is 1. The summed E-state index contributed by atoms with van der Waals surface area (Å²) in [5.74, 6) is 3.63. The largest absolute Gasteiger partial charge is 0.464 e. The first-order valence-corrected chi connectivity index (χ1v) is 10.6. The summed E-state index contributed by atoms with van der Waals surface area (Å²) in [5.41, 5.74) is 1.74. The fraction of sp³-hybridized carbons (Fsp3) is 0.348. The van der Waals surface area contributed by atoms with Gasteiger partial charge in [0.25, 0.3) is 0 Å². The van der Waals surface area contributed by atoms with Gasteiger partial charge in [-0.1, -0.05) is 36.4 Å². The average Bonchev–Trinajstić information content (AvgIpc) is 2.83. The van der Waals surface area contributed by atoms with Crippen LogP contribution in [0, 0.1) is 0 Å². The first-order chi connectivity index (χ1) is 16.0. The van der Waals surface area contributed by atoms with Crippen LogP contribution in [0.15, 0.2) is 60.0 Å². The van der Waals surface area contributed by atoms with Crippen molar-refractivity contribution in [1.82, 2.24) is 20.9 Å². The Morgan fingerprint density at radius 2 is 1.94 bits per heavy atom. The molecular weight excluding hydrogens is 424 g/mol. The summed E-state index contributed by atoms with van der Waals surface area (Å²) in [5, 5.41) is 11.6. The molecule has 1 aromatic heterocycles. The van der Waals surface area contributed by atoms with Crippen LogP contribution in [0.4, 0.5) is 0 Å². The maximum atomic E-state index is 12.5. The van der Waals surface area contributed by atoms with Crippen molar-refractivity contribution in [3.05, 3.63) is 66.0 Å². The highest BCUT2D eigenvalue weighted by Gasteiger charge is 2.23. The molecule has 2 amide bonds. The summed E-state index contributed by atoms with van der Waals surface area (Å²) < 4.78 is 5.06. The minimum atomic E-state index is -0.879. The van der Waals surface area contributed by atoms with E-state index in [9.17, 15) is 14.4 Å². The lowest BCUT2D eigenvalue weighted by Crippen LogP contribution is -2.47. The molecule has 2 atom stereocenters. The molecule has 2 unspecified atom stereocenters. The smallest absolute Gasteiger partial charge is 0.328 e. The fourth-order valence-electron chi connectivity index (χ4n) is 3.19. The second-order valence-corrected chi connectivity index (χ2v) is 7.21. The quantitative estimate of drug-likeness (QED) is 0.113. The van der Waals surface area contributed by atoms with Gasteiger partial charge in [-0.05, 0) is 24.1 Å². The van der Waals surface area contributed by atoms with Gasteiger partial charge in [-0.3, -0.25) is 14.6 Å². The van der Waals surface area contributed by atoms with E-state index in [0.29, 0.717) is 6.54 Å². The lowest BCUT2D eigenvalue weighted by molar-refractivity contribution is -0.147. The van der Waals surface area contributed by atoms with Gasteiger partial charge in [0.2, 0.25) is 11.8 Å². The van der Waals surface area contributed by atoms with Crippen LogP contribution in [0.3, 0.4) is 0 Å². The van der Waals surface area contributed by atoms with E-state index in [1.54, 1.807) is 31.5 Å². The Kier molecular flexibility index (Phi) is 10.9. The van der Waals surface area contributed by atoms with Gasteiger partial charge in [0.05, 0.1) is 13.2 Å². The molecule has 5 N–H and O–H groups in total. The molecular formula is C23H30N6O4. The number of hydrogen-bond donors (Lipinski definition) is 4. The Morgan fingerprint density at radius 3 is 2.61 bits per heavy atom. The molecule has 2 rings (SSSR count). The van der Waals surface area contributed by atoms with Crippen molar-refractivity contribution in [2.45, 2.75) is 31.7 Å². The predicted molar refractivity (Wildman–Crippen MR) is 124 cm³/mol. The van der Waals surface area contributed by atoms with E-state index in [1.807, 2.05) is 30.3 Å². The maximum absolute atomic E-state index is 12.5. The van der Waals surface area contributed by atoms with Crippen molar-refractivity contribution in [1.29, 1.82) is 0 Å². The first kappa shape index (κ1) is 25.3. The first-order valence-electron chi connectivity index (χ1n) is 10.6. The van der Waals surface area contributed by atoms with Gasteiger partial charge in [0.1, 0.15) is 12.4 Å². The van der Waals surface area contributed by atoms with Crippen LogP contribution in [0.2, 0.25) is 0 Å². The van der Waals surface area contributed by atoms with Gasteiger partial charge in [0.15, 0.2) is 0 Å². The van der Waals surface area contributed by atoms with Gasteiger partial charge in [0, 0.05) is 37.7 Å². The maximum Gasteiger partial charge on any atom is 0.328 e. The van der Waals surface area contributed by atoms with E-state index in [1.165, 1.54) is 6.34 Å². The average molecular weight is 455 g/mol. The molecule has 0 aliphatic heterocycles. The molecule has 33 heavy (non-hydrogen) atoms. The number of carbonyl (C=O) groups excluding carboxylic acids is 3. The van der Waals surface area contributed by atoms with Crippen molar-refractivity contribution in [2.75, 3.05) is 19.7 Å². The van der Waals surface area contributed by atoms with Crippen LogP contribution in [-0.4, -0.2) is 54.8 Å².